The van der Waals surface area contributed by atoms with E-state index in [1.165, 1.54) is 0 Å². The molecule has 0 aromatic heterocycles. The zero-order valence-electron chi connectivity index (χ0n) is 4.26. The topological polar surface area (TPSA) is 0 Å². The van der Waals surface area contributed by atoms with Crippen LogP contribution in [0.15, 0.2) is 24.3 Å². The summed E-state index contributed by atoms with van der Waals surface area (Å²) in [4.78, 5) is 0. The molecular formula is C6H8Eu. The van der Waals surface area contributed by atoms with E-state index in [4.69, 9.17) is 0 Å². The quantitative estimate of drug-likeness (QED) is 0.648. The van der Waals surface area contributed by atoms with Crippen molar-refractivity contribution >= 4 is 0 Å². The maximum atomic E-state index is 2.35. The zero-order valence-corrected chi connectivity index (χ0v) is 6.69. The molecule has 0 N–H and O–H groups in total. The summed E-state index contributed by atoms with van der Waals surface area (Å²) in [5.41, 5.74) is 0. The molecule has 0 radical (unpaired) electrons. The monoisotopic (exact) mass is 233 g/mol. The number of hydrogen-bond acceptors (Lipinski definition) is 0. The van der Waals surface area contributed by atoms with Crippen LogP contribution in [0.1, 0.15) is 0 Å². The van der Waals surface area contributed by atoms with Gasteiger partial charge in [0.25, 0.3) is 0 Å². The second-order valence-corrected chi connectivity index (χ2v) is 4.45. The van der Waals surface area contributed by atoms with Gasteiger partial charge < -0.3 is 0 Å². The Kier molecular flexibility index (Phi) is 2.80. The summed E-state index contributed by atoms with van der Waals surface area (Å²) < 4.78 is 3.24. The summed E-state index contributed by atoms with van der Waals surface area (Å²) in [7, 11) is 0. The van der Waals surface area contributed by atoms with Gasteiger partial charge in [0.1, 0.15) is 0 Å². The molecule has 0 spiro atoms. The third kappa shape index (κ3) is 1.79. The van der Waals surface area contributed by atoms with Gasteiger partial charge in [0, 0.05) is 0 Å². The number of rotatable bonds is 1. The fourth-order valence-corrected chi connectivity index (χ4v) is 2.02. The summed E-state index contributed by atoms with van der Waals surface area (Å²) in [5.74, 6) is 0. The van der Waals surface area contributed by atoms with Crippen LogP contribution in [-0.2, 0) is 0 Å². The normalized spacial score (nSPS) is 19.0. The maximum absolute atomic E-state index is 2.35. The van der Waals surface area contributed by atoms with Crippen molar-refractivity contribution in [3.05, 3.63) is 24.3 Å². The molecule has 1 aliphatic carbocycles. The molecule has 1 aliphatic rings. The van der Waals surface area contributed by atoms with Crippen molar-refractivity contribution in [3.63, 3.8) is 0 Å². The van der Waals surface area contributed by atoms with E-state index in [1.54, 1.807) is 0 Å². The van der Waals surface area contributed by atoms with E-state index >= 15 is 0 Å². The first-order valence-corrected chi connectivity index (χ1v) is 6.09. The van der Waals surface area contributed by atoms with Crippen molar-refractivity contribution in [1.29, 1.82) is 0 Å². The predicted molar refractivity (Wildman–Crippen MR) is 27.9 cm³/mol. The van der Waals surface area contributed by atoms with Crippen LogP contribution in [0.5, 0.6) is 0 Å². The first kappa shape index (κ1) is 6.19. The van der Waals surface area contributed by atoms with Gasteiger partial charge in [-0.05, 0) is 0 Å². The van der Waals surface area contributed by atoms with Crippen molar-refractivity contribution in [2.45, 2.75) is 1.63 Å². The van der Waals surface area contributed by atoms with Crippen LogP contribution in [0.4, 0.5) is 0 Å². The summed E-state index contributed by atoms with van der Waals surface area (Å²) in [6.45, 7) is 0. The minimum absolute atomic E-state index is 0.114. The van der Waals surface area contributed by atoms with Crippen molar-refractivity contribution in [2.75, 3.05) is 0 Å². The van der Waals surface area contributed by atoms with Gasteiger partial charge in [-0.3, -0.25) is 0 Å². The van der Waals surface area contributed by atoms with E-state index in [1.807, 2.05) is 0 Å². The van der Waals surface area contributed by atoms with Crippen LogP contribution in [0.25, 0.3) is 0 Å². The Balaban J connectivity index is 2.44. The molecule has 0 nitrogen and oxygen atoms in total. The molecule has 39 valence electrons. The molecule has 0 saturated heterocycles. The zero-order chi connectivity index (χ0) is 5.11. The van der Waals surface area contributed by atoms with Crippen molar-refractivity contribution in [3.8, 4) is 0 Å². The van der Waals surface area contributed by atoms with Crippen LogP contribution < -0.4 is 0 Å². The van der Waals surface area contributed by atoms with E-state index in [0.29, 0.717) is 0 Å². The van der Waals surface area contributed by atoms with Crippen LogP contribution in [0.2, 0.25) is 1.63 Å². The van der Waals surface area contributed by atoms with Gasteiger partial charge in [-0.1, -0.05) is 0 Å². The van der Waals surface area contributed by atoms with Gasteiger partial charge in [-0.2, -0.15) is 0 Å². The molecule has 1 heteroatoms. The summed E-state index contributed by atoms with van der Waals surface area (Å²) >= 11 is 0.114. The standard InChI is InChI=1S/C5H5.CH3.Eu/c1-2-4-5-3-1;;/h1-5H;1H3;. The van der Waals surface area contributed by atoms with Gasteiger partial charge in [0.05, 0.1) is 0 Å². The van der Waals surface area contributed by atoms with Crippen LogP contribution in [-0.4, -0.2) is 0 Å². The summed E-state index contributed by atoms with van der Waals surface area (Å²) in [6, 6.07) is 0. The van der Waals surface area contributed by atoms with E-state index in [0.717, 1.165) is 0.312 Å². The number of hydrogen-bond donors (Lipinski definition) is 0. The fraction of sp³-hybridized carbons (Fsp3) is 0.333. The van der Waals surface area contributed by atoms with Crippen molar-refractivity contribution in [2.24, 2.45) is 0 Å². The Morgan fingerprint density at radius 2 is 1.86 bits per heavy atom. The molecule has 7 heavy (non-hydrogen) atoms. The average Bonchev–Trinajstić information content (AvgIpc) is 2.14. The predicted octanol–water partition coefficient (Wildman–Crippen LogP) is 2.03. The van der Waals surface area contributed by atoms with Gasteiger partial charge in [0.2, 0.25) is 0 Å². The molecule has 0 amide bonds. The molecule has 0 saturated carbocycles. The molecule has 0 aromatic carbocycles. The molecule has 1 rings (SSSR count). The molecular weight excluding hydrogens is 224 g/mol. The Labute approximate surface area is 69.3 Å². The van der Waals surface area contributed by atoms with Crippen LogP contribution >= 0.6 is 0 Å². The SMILES string of the molecule is [CH3][Eu][CH]1C=CC=C1. The molecule has 0 heterocycles. The second-order valence-electron chi connectivity index (χ2n) is 1.43. The average molecular weight is 232 g/mol. The Morgan fingerprint density at radius 1 is 1.29 bits per heavy atom. The van der Waals surface area contributed by atoms with Crippen molar-refractivity contribution < 1.29 is 44.6 Å². The Bertz CT molecular complexity index is 90.7. The molecule has 0 fully saturated rings. The van der Waals surface area contributed by atoms with Gasteiger partial charge >= 0.3 is 70.6 Å². The first-order valence-electron chi connectivity index (χ1n) is 2.26. The van der Waals surface area contributed by atoms with E-state index < -0.39 is 0 Å². The van der Waals surface area contributed by atoms with Crippen LogP contribution in [0.3, 0.4) is 0 Å². The number of allylic oxidation sites excluding steroid dienone is 4. The molecule has 0 atom stereocenters. The van der Waals surface area contributed by atoms with Crippen molar-refractivity contribution in [1.82, 2.24) is 0 Å². The first-order chi connectivity index (χ1) is 3.43. The van der Waals surface area contributed by atoms with E-state index in [-0.39, 0.29) is 44.6 Å². The fourth-order valence-electron chi connectivity index (χ4n) is 0.550. The third-order valence-corrected chi connectivity index (χ3v) is 3.50. The molecule has 0 unspecified atom stereocenters. The Hall–Kier alpha value is 1.06. The second kappa shape index (κ2) is 3.16. The molecule has 0 bridgehead atoms. The van der Waals surface area contributed by atoms with Gasteiger partial charge in [-0.15, -0.1) is 0 Å². The summed E-state index contributed by atoms with van der Waals surface area (Å²) in [6.07, 6.45) is 8.87. The van der Waals surface area contributed by atoms with Crippen LogP contribution in [0, 0.1) is 44.6 Å². The summed E-state index contributed by atoms with van der Waals surface area (Å²) in [5, 5.41) is 0. The van der Waals surface area contributed by atoms with E-state index in [9.17, 15) is 0 Å². The molecule has 0 aromatic rings. The van der Waals surface area contributed by atoms with E-state index in [2.05, 4.69) is 25.6 Å². The van der Waals surface area contributed by atoms with Gasteiger partial charge in [-0.25, -0.2) is 0 Å². The third-order valence-electron chi connectivity index (χ3n) is 0.953. The Morgan fingerprint density at radius 3 is 2.14 bits per heavy atom. The molecule has 0 aliphatic heterocycles. The van der Waals surface area contributed by atoms with Gasteiger partial charge in [0.15, 0.2) is 0 Å². The minimum atomic E-state index is 0.114.